The first-order chi connectivity index (χ1) is 8.69. The lowest BCUT2D eigenvalue weighted by Gasteiger charge is -2.25. The summed E-state index contributed by atoms with van der Waals surface area (Å²) in [7, 11) is 0. The highest BCUT2D eigenvalue weighted by atomic mass is 16.5. The van der Waals surface area contributed by atoms with Crippen molar-refractivity contribution in [1.29, 1.82) is 0 Å². The first kappa shape index (κ1) is 12.4. The van der Waals surface area contributed by atoms with Gasteiger partial charge < -0.3 is 20.8 Å². The molecule has 1 aromatic heterocycles. The van der Waals surface area contributed by atoms with Gasteiger partial charge in [0.15, 0.2) is 11.6 Å². The molecular weight excluding hydrogens is 236 g/mol. The van der Waals surface area contributed by atoms with Crippen molar-refractivity contribution in [3.8, 4) is 0 Å². The Hall–Kier alpha value is -2.05. The van der Waals surface area contributed by atoms with E-state index in [9.17, 15) is 4.79 Å². The molecule has 1 heterocycles. The van der Waals surface area contributed by atoms with Crippen molar-refractivity contribution in [2.45, 2.75) is 32.2 Å². The number of oxime groups is 1. The molecule has 7 nitrogen and oxygen atoms in total. The number of hydrogen-bond donors (Lipinski definition) is 3. The van der Waals surface area contributed by atoms with Gasteiger partial charge in [0.1, 0.15) is 5.41 Å². The minimum Gasteiger partial charge on any atom is -0.409 e. The zero-order valence-corrected chi connectivity index (χ0v) is 9.93. The van der Waals surface area contributed by atoms with Gasteiger partial charge in [-0.15, -0.1) is 0 Å². The van der Waals surface area contributed by atoms with Gasteiger partial charge in [-0.25, -0.2) is 0 Å². The summed E-state index contributed by atoms with van der Waals surface area (Å²) in [6.07, 6.45) is 4.50. The van der Waals surface area contributed by atoms with Crippen LogP contribution < -0.4 is 11.1 Å². The van der Waals surface area contributed by atoms with Gasteiger partial charge in [0, 0.05) is 6.07 Å². The van der Waals surface area contributed by atoms with Crippen LogP contribution in [0.5, 0.6) is 0 Å². The Morgan fingerprint density at radius 3 is 2.89 bits per heavy atom. The second-order valence-corrected chi connectivity index (χ2v) is 4.44. The Labute approximate surface area is 104 Å². The van der Waals surface area contributed by atoms with Crippen molar-refractivity contribution in [1.82, 2.24) is 10.5 Å². The molecule has 0 bridgehead atoms. The summed E-state index contributed by atoms with van der Waals surface area (Å²) in [5.74, 6) is 0.317. The first-order valence-corrected chi connectivity index (χ1v) is 5.85. The molecule has 1 fully saturated rings. The van der Waals surface area contributed by atoms with Crippen molar-refractivity contribution in [3.63, 3.8) is 0 Å². The molecule has 98 valence electrons. The summed E-state index contributed by atoms with van der Waals surface area (Å²) < 4.78 is 4.89. The van der Waals surface area contributed by atoms with Gasteiger partial charge in [0.25, 0.3) is 0 Å². The number of nitrogens with one attached hydrogen (secondary N) is 1. The number of hydrogen-bond acceptors (Lipinski definition) is 5. The standard InChI is InChI=1S/C11H16N4O3/c12-9(15-17)11(4-1-2-5-11)10(16)13-7-8-3-6-14-18-8/h3,6,17H,1-2,4-5,7H2,(H2,12,15)(H,13,16). The van der Waals surface area contributed by atoms with Crippen molar-refractivity contribution >= 4 is 11.7 Å². The first-order valence-electron chi connectivity index (χ1n) is 5.85. The van der Waals surface area contributed by atoms with E-state index in [-0.39, 0.29) is 18.3 Å². The lowest BCUT2D eigenvalue weighted by molar-refractivity contribution is -0.127. The topological polar surface area (TPSA) is 114 Å². The average molecular weight is 252 g/mol. The fourth-order valence-corrected chi connectivity index (χ4v) is 2.34. The van der Waals surface area contributed by atoms with Crippen LogP contribution in [0.15, 0.2) is 21.9 Å². The van der Waals surface area contributed by atoms with Crippen LogP contribution in [0.3, 0.4) is 0 Å². The van der Waals surface area contributed by atoms with Crippen LogP contribution in [-0.4, -0.2) is 22.1 Å². The lowest BCUT2D eigenvalue weighted by Crippen LogP contribution is -2.48. The second-order valence-electron chi connectivity index (χ2n) is 4.44. The molecule has 0 aliphatic heterocycles. The van der Waals surface area contributed by atoms with Crippen molar-refractivity contribution in [3.05, 3.63) is 18.0 Å². The summed E-state index contributed by atoms with van der Waals surface area (Å²) in [5, 5.41) is 18.1. The van der Waals surface area contributed by atoms with Crippen LogP contribution in [-0.2, 0) is 11.3 Å². The molecule has 1 aromatic rings. The predicted octanol–water partition coefficient (Wildman–Crippen LogP) is 0.598. The van der Waals surface area contributed by atoms with E-state index in [0.717, 1.165) is 12.8 Å². The third kappa shape index (κ3) is 2.15. The molecule has 2 rings (SSSR count). The van der Waals surface area contributed by atoms with Crippen LogP contribution in [0, 0.1) is 5.41 Å². The monoisotopic (exact) mass is 252 g/mol. The zero-order chi connectivity index (χ0) is 13.0. The minimum atomic E-state index is -0.880. The Morgan fingerprint density at radius 2 is 2.33 bits per heavy atom. The number of carbonyl (C=O) groups excluding carboxylic acids is 1. The molecule has 1 aliphatic rings. The number of amides is 1. The normalized spacial score (nSPS) is 18.8. The Bertz CT molecular complexity index is 435. The van der Waals surface area contributed by atoms with Gasteiger partial charge in [-0.3, -0.25) is 4.79 Å². The maximum absolute atomic E-state index is 12.2. The van der Waals surface area contributed by atoms with Crippen molar-refractivity contribution < 1.29 is 14.5 Å². The van der Waals surface area contributed by atoms with Crippen LogP contribution in [0.25, 0.3) is 0 Å². The minimum absolute atomic E-state index is 0.0185. The fraction of sp³-hybridized carbons (Fsp3) is 0.545. The van der Waals surface area contributed by atoms with E-state index >= 15 is 0 Å². The van der Waals surface area contributed by atoms with Gasteiger partial charge >= 0.3 is 0 Å². The predicted molar refractivity (Wildman–Crippen MR) is 62.7 cm³/mol. The number of carbonyl (C=O) groups is 1. The molecule has 0 aromatic carbocycles. The summed E-state index contributed by atoms with van der Waals surface area (Å²) >= 11 is 0. The highest BCUT2D eigenvalue weighted by Gasteiger charge is 2.45. The quantitative estimate of drug-likeness (QED) is 0.314. The van der Waals surface area contributed by atoms with E-state index in [0.29, 0.717) is 18.6 Å². The molecule has 4 N–H and O–H groups in total. The molecule has 1 amide bonds. The third-order valence-corrected chi connectivity index (χ3v) is 3.40. The van der Waals surface area contributed by atoms with Crippen molar-refractivity contribution in [2.24, 2.45) is 16.3 Å². The number of nitrogens with two attached hydrogens (primary N) is 1. The largest absolute Gasteiger partial charge is 0.409 e. The maximum Gasteiger partial charge on any atom is 0.234 e. The molecule has 0 spiro atoms. The number of aromatic nitrogens is 1. The maximum atomic E-state index is 12.2. The molecule has 0 radical (unpaired) electrons. The Balaban J connectivity index is 2.05. The zero-order valence-electron chi connectivity index (χ0n) is 9.93. The molecule has 0 atom stereocenters. The summed E-state index contributed by atoms with van der Waals surface area (Å²) in [5.41, 5.74) is 4.79. The van der Waals surface area contributed by atoms with E-state index < -0.39 is 5.41 Å². The molecule has 18 heavy (non-hydrogen) atoms. The Kier molecular flexibility index (Phi) is 3.50. The molecule has 0 saturated heterocycles. The average Bonchev–Trinajstić information content (AvgIpc) is 3.06. The van der Waals surface area contributed by atoms with Crippen LogP contribution >= 0.6 is 0 Å². The van der Waals surface area contributed by atoms with E-state index in [1.807, 2.05) is 0 Å². The molecule has 1 saturated carbocycles. The SMILES string of the molecule is NC(=NO)C1(C(=O)NCc2ccno2)CCCC1. The third-order valence-electron chi connectivity index (χ3n) is 3.40. The molecular formula is C11H16N4O3. The smallest absolute Gasteiger partial charge is 0.234 e. The van der Waals surface area contributed by atoms with E-state index in [1.165, 1.54) is 6.20 Å². The summed E-state index contributed by atoms with van der Waals surface area (Å²) in [6, 6.07) is 1.67. The lowest BCUT2D eigenvalue weighted by atomic mass is 9.84. The number of amidine groups is 1. The summed E-state index contributed by atoms with van der Waals surface area (Å²) in [4.78, 5) is 12.2. The highest BCUT2D eigenvalue weighted by molar-refractivity contribution is 6.06. The van der Waals surface area contributed by atoms with Crippen LogP contribution in [0.4, 0.5) is 0 Å². The van der Waals surface area contributed by atoms with Crippen LogP contribution in [0.1, 0.15) is 31.4 Å². The highest BCUT2D eigenvalue weighted by Crippen LogP contribution is 2.38. The van der Waals surface area contributed by atoms with E-state index in [2.05, 4.69) is 15.6 Å². The van der Waals surface area contributed by atoms with Gasteiger partial charge in [0.05, 0.1) is 12.7 Å². The van der Waals surface area contributed by atoms with E-state index in [4.69, 9.17) is 15.5 Å². The van der Waals surface area contributed by atoms with Crippen LogP contribution in [0.2, 0.25) is 0 Å². The van der Waals surface area contributed by atoms with Gasteiger partial charge in [-0.05, 0) is 12.8 Å². The van der Waals surface area contributed by atoms with Crippen molar-refractivity contribution in [2.75, 3.05) is 0 Å². The van der Waals surface area contributed by atoms with Gasteiger partial charge in [0.2, 0.25) is 5.91 Å². The number of rotatable bonds is 4. The number of nitrogens with zero attached hydrogens (tertiary/aromatic N) is 2. The molecule has 7 heteroatoms. The molecule has 0 unspecified atom stereocenters. The second kappa shape index (κ2) is 5.07. The fourth-order valence-electron chi connectivity index (χ4n) is 2.34. The van der Waals surface area contributed by atoms with E-state index in [1.54, 1.807) is 6.07 Å². The van der Waals surface area contributed by atoms with Gasteiger partial charge in [-0.2, -0.15) is 0 Å². The summed E-state index contributed by atoms with van der Waals surface area (Å²) in [6.45, 7) is 0.249. The Morgan fingerprint density at radius 1 is 1.61 bits per heavy atom. The van der Waals surface area contributed by atoms with Gasteiger partial charge in [-0.1, -0.05) is 23.2 Å². The molecule has 1 aliphatic carbocycles.